The van der Waals surface area contributed by atoms with Gasteiger partial charge < -0.3 is 15.8 Å². The van der Waals surface area contributed by atoms with Crippen molar-refractivity contribution in [2.75, 3.05) is 11.9 Å². The molecule has 0 spiro atoms. The molecule has 1 aliphatic rings. The average molecular weight is 251 g/mol. The largest absolute Gasteiger partial charge is 0.388 e. The first-order valence-electron chi connectivity index (χ1n) is 5.79. The molecule has 0 amide bonds. The van der Waals surface area contributed by atoms with Gasteiger partial charge in [-0.3, -0.25) is 4.98 Å². The van der Waals surface area contributed by atoms with E-state index in [9.17, 15) is 0 Å². The van der Waals surface area contributed by atoms with E-state index in [1.165, 1.54) is 0 Å². The summed E-state index contributed by atoms with van der Waals surface area (Å²) in [5.41, 5.74) is 7.16. The highest BCUT2D eigenvalue weighted by molar-refractivity contribution is 7.80. The van der Waals surface area contributed by atoms with E-state index in [-0.39, 0.29) is 0 Å². The first kappa shape index (κ1) is 12.3. The zero-order valence-corrected chi connectivity index (χ0v) is 10.7. The first-order chi connectivity index (χ1) is 8.15. The second kappa shape index (κ2) is 5.42. The predicted molar refractivity (Wildman–Crippen MR) is 72.2 cm³/mol. The van der Waals surface area contributed by atoms with Gasteiger partial charge in [-0.1, -0.05) is 12.2 Å². The van der Waals surface area contributed by atoms with E-state index >= 15 is 0 Å². The standard InChI is InChI=1S/C12H17N3OS/c1-8-6-9(4-5-16-8)15-10-2-3-11(12(13)17)14-7-10/h2-3,7-9,15H,4-6H2,1H3,(H2,13,17). The molecule has 92 valence electrons. The average Bonchev–Trinajstić information content (AvgIpc) is 2.29. The number of nitrogens with one attached hydrogen (secondary N) is 1. The smallest absolute Gasteiger partial charge is 0.122 e. The van der Waals surface area contributed by atoms with Crippen molar-refractivity contribution < 1.29 is 4.74 Å². The lowest BCUT2D eigenvalue weighted by molar-refractivity contribution is 0.0232. The van der Waals surface area contributed by atoms with Crippen molar-refractivity contribution in [2.45, 2.75) is 31.9 Å². The van der Waals surface area contributed by atoms with E-state index in [0.717, 1.165) is 25.1 Å². The van der Waals surface area contributed by atoms with Gasteiger partial charge in [-0.15, -0.1) is 0 Å². The molecule has 2 rings (SSSR count). The van der Waals surface area contributed by atoms with E-state index in [4.69, 9.17) is 22.7 Å². The lowest BCUT2D eigenvalue weighted by Gasteiger charge is -2.28. The van der Waals surface area contributed by atoms with Crippen LogP contribution in [0, 0.1) is 0 Å². The highest BCUT2D eigenvalue weighted by Gasteiger charge is 2.18. The number of hydrogen-bond acceptors (Lipinski definition) is 4. The third-order valence-corrected chi connectivity index (χ3v) is 3.08. The molecule has 4 nitrogen and oxygen atoms in total. The Balaban J connectivity index is 1.96. The number of pyridine rings is 1. The Bertz CT molecular complexity index is 393. The van der Waals surface area contributed by atoms with Crippen molar-refractivity contribution in [1.82, 2.24) is 4.98 Å². The maximum absolute atomic E-state index is 5.51. The Hall–Kier alpha value is -1.20. The molecule has 0 aliphatic carbocycles. The van der Waals surface area contributed by atoms with Crippen LogP contribution in [0.5, 0.6) is 0 Å². The van der Waals surface area contributed by atoms with Crippen LogP contribution < -0.4 is 11.1 Å². The van der Waals surface area contributed by atoms with Crippen molar-refractivity contribution in [3.05, 3.63) is 24.0 Å². The van der Waals surface area contributed by atoms with Gasteiger partial charge in [0, 0.05) is 12.6 Å². The van der Waals surface area contributed by atoms with Crippen LogP contribution in [-0.4, -0.2) is 28.7 Å². The monoisotopic (exact) mass is 251 g/mol. The fourth-order valence-corrected chi connectivity index (χ4v) is 2.11. The van der Waals surface area contributed by atoms with E-state index < -0.39 is 0 Å². The number of nitrogens with zero attached hydrogens (tertiary/aromatic N) is 1. The van der Waals surface area contributed by atoms with Crippen LogP contribution in [0.1, 0.15) is 25.5 Å². The lowest BCUT2D eigenvalue weighted by atomic mass is 10.0. The predicted octanol–water partition coefficient (Wildman–Crippen LogP) is 1.70. The highest BCUT2D eigenvalue weighted by Crippen LogP contribution is 2.18. The van der Waals surface area contributed by atoms with Gasteiger partial charge in [0.1, 0.15) is 4.99 Å². The van der Waals surface area contributed by atoms with Gasteiger partial charge >= 0.3 is 0 Å². The summed E-state index contributed by atoms with van der Waals surface area (Å²) in [5, 5.41) is 3.45. The second-order valence-corrected chi connectivity index (χ2v) is 4.78. The Kier molecular flexibility index (Phi) is 3.91. The molecule has 0 saturated carbocycles. The minimum atomic E-state index is 0.324. The fraction of sp³-hybridized carbons (Fsp3) is 0.500. The topological polar surface area (TPSA) is 60.2 Å². The van der Waals surface area contributed by atoms with Gasteiger partial charge in [-0.2, -0.15) is 0 Å². The van der Waals surface area contributed by atoms with Gasteiger partial charge in [-0.05, 0) is 31.9 Å². The van der Waals surface area contributed by atoms with Crippen molar-refractivity contribution >= 4 is 22.9 Å². The summed E-state index contributed by atoms with van der Waals surface area (Å²) in [4.78, 5) is 4.53. The minimum absolute atomic E-state index is 0.324. The molecule has 1 aromatic rings. The van der Waals surface area contributed by atoms with Crippen molar-refractivity contribution in [2.24, 2.45) is 5.73 Å². The van der Waals surface area contributed by atoms with Crippen molar-refractivity contribution in [3.8, 4) is 0 Å². The zero-order chi connectivity index (χ0) is 12.3. The number of thiocarbonyl (C=S) groups is 1. The maximum Gasteiger partial charge on any atom is 0.122 e. The number of aromatic nitrogens is 1. The quantitative estimate of drug-likeness (QED) is 0.801. The number of anilines is 1. The molecule has 0 aromatic carbocycles. The molecule has 1 saturated heterocycles. The Labute approximate surface area is 107 Å². The van der Waals surface area contributed by atoms with Gasteiger partial charge in [0.05, 0.1) is 23.7 Å². The summed E-state index contributed by atoms with van der Waals surface area (Å²) in [7, 11) is 0. The second-order valence-electron chi connectivity index (χ2n) is 4.34. The van der Waals surface area contributed by atoms with Crippen LogP contribution in [0.4, 0.5) is 5.69 Å². The van der Waals surface area contributed by atoms with E-state index in [2.05, 4.69) is 17.2 Å². The van der Waals surface area contributed by atoms with Crippen LogP contribution in [0.15, 0.2) is 18.3 Å². The van der Waals surface area contributed by atoms with Crippen LogP contribution in [0.25, 0.3) is 0 Å². The van der Waals surface area contributed by atoms with Crippen molar-refractivity contribution in [3.63, 3.8) is 0 Å². The summed E-state index contributed by atoms with van der Waals surface area (Å²) in [6, 6.07) is 4.26. The van der Waals surface area contributed by atoms with Crippen LogP contribution in [0.2, 0.25) is 0 Å². The van der Waals surface area contributed by atoms with E-state index in [1.807, 2.05) is 12.1 Å². The van der Waals surface area contributed by atoms with Crippen molar-refractivity contribution in [1.29, 1.82) is 0 Å². The summed E-state index contributed by atoms with van der Waals surface area (Å²) in [5.74, 6) is 0. The molecule has 3 N–H and O–H groups in total. The molecule has 1 aliphatic heterocycles. The maximum atomic E-state index is 5.51. The zero-order valence-electron chi connectivity index (χ0n) is 9.85. The Morgan fingerprint density at radius 1 is 1.59 bits per heavy atom. The fourth-order valence-electron chi connectivity index (χ4n) is 1.99. The van der Waals surface area contributed by atoms with Gasteiger partial charge in [0.2, 0.25) is 0 Å². The summed E-state index contributed by atoms with van der Waals surface area (Å²) in [6.45, 7) is 2.92. The number of nitrogens with two attached hydrogens (primary N) is 1. The molecule has 2 heterocycles. The van der Waals surface area contributed by atoms with E-state index in [1.54, 1.807) is 6.20 Å². The lowest BCUT2D eigenvalue weighted by Crippen LogP contribution is -2.32. The molecular weight excluding hydrogens is 234 g/mol. The third-order valence-electron chi connectivity index (χ3n) is 2.87. The van der Waals surface area contributed by atoms with Crippen LogP contribution in [0.3, 0.4) is 0 Å². The molecule has 2 atom stereocenters. The summed E-state index contributed by atoms with van der Waals surface area (Å²) >= 11 is 4.86. The van der Waals surface area contributed by atoms with Gasteiger partial charge in [-0.25, -0.2) is 0 Å². The number of rotatable bonds is 3. The minimum Gasteiger partial charge on any atom is -0.388 e. The van der Waals surface area contributed by atoms with Crippen LogP contribution in [-0.2, 0) is 4.74 Å². The molecule has 0 radical (unpaired) electrons. The van der Waals surface area contributed by atoms with Gasteiger partial charge in [0.15, 0.2) is 0 Å². The summed E-state index contributed by atoms with van der Waals surface area (Å²) < 4.78 is 5.51. The third kappa shape index (κ3) is 3.38. The molecule has 2 unspecified atom stereocenters. The number of hydrogen-bond donors (Lipinski definition) is 2. The first-order valence-corrected chi connectivity index (χ1v) is 6.20. The molecule has 0 bridgehead atoms. The van der Waals surface area contributed by atoms with Gasteiger partial charge in [0.25, 0.3) is 0 Å². The Morgan fingerprint density at radius 3 is 3.00 bits per heavy atom. The van der Waals surface area contributed by atoms with Crippen LogP contribution >= 0.6 is 12.2 Å². The summed E-state index contributed by atoms with van der Waals surface area (Å²) in [6.07, 6.45) is 4.15. The molecule has 1 fully saturated rings. The highest BCUT2D eigenvalue weighted by atomic mass is 32.1. The molecule has 17 heavy (non-hydrogen) atoms. The Morgan fingerprint density at radius 2 is 2.41 bits per heavy atom. The molecule has 5 heteroatoms. The normalized spacial score (nSPS) is 24.3. The molecule has 1 aromatic heterocycles. The molecular formula is C12H17N3OS. The number of ether oxygens (including phenoxy) is 1. The SMILES string of the molecule is CC1CC(Nc2ccc(C(N)=S)nc2)CCO1. The van der Waals surface area contributed by atoms with E-state index in [0.29, 0.717) is 22.8 Å².